The first kappa shape index (κ1) is 20.5. The monoisotopic (exact) mass is 383 g/mol. The molecular formula is C18H26ClN3O4. The molecule has 7 nitrogen and oxygen atoms in total. The lowest BCUT2D eigenvalue weighted by Gasteiger charge is -2.36. The van der Waals surface area contributed by atoms with E-state index in [1.165, 1.54) is 0 Å². The van der Waals surface area contributed by atoms with E-state index in [-0.39, 0.29) is 30.3 Å². The number of rotatable bonds is 4. The third-order valence-electron chi connectivity index (χ3n) is 4.68. The van der Waals surface area contributed by atoms with Crippen molar-refractivity contribution in [3.63, 3.8) is 0 Å². The van der Waals surface area contributed by atoms with Crippen molar-refractivity contribution in [3.8, 4) is 5.75 Å². The van der Waals surface area contributed by atoms with E-state index < -0.39 is 0 Å². The second kappa shape index (κ2) is 9.75. The number of amides is 2. The van der Waals surface area contributed by atoms with Crippen molar-refractivity contribution in [1.29, 1.82) is 0 Å². The zero-order valence-electron chi connectivity index (χ0n) is 15.0. The third-order valence-corrected chi connectivity index (χ3v) is 4.68. The van der Waals surface area contributed by atoms with Crippen LogP contribution in [0.15, 0.2) is 24.3 Å². The summed E-state index contributed by atoms with van der Waals surface area (Å²) < 4.78 is 10.7. The van der Waals surface area contributed by atoms with Crippen LogP contribution in [0, 0.1) is 0 Å². The van der Waals surface area contributed by atoms with Gasteiger partial charge in [-0.15, -0.1) is 12.4 Å². The number of para-hydroxylation sites is 1. The van der Waals surface area contributed by atoms with Crippen LogP contribution in [0.5, 0.6) is 5.75 Å². The second-order valence-corrected chi connectivity index (χ2v) is 6.30. The molecule has 8 heteroatoms. The van der Waals surface area contributed by atoms with E-state index in [1.807, 2.05) is 17.0 Å². The number of carbonyl (C=O) groups is 2. The minimum absolute atomic E-state index is 0. The molecule has 0 radical (unpaired) electrons. The molecule has 144 valence electrons. The minimum atomic E-state index is -0.0492. The van der Waals surface area contributed by atoms with Gasteiger partial charge in [0, 0.05) is 45.2 Å². The fourth-order valence-corrected chi connectivity index (χ4v) is 3.24. The van der Waals surface area contributed by atoms with Crippen LogP contribution in [-0.4, -0.2) is 80.7 Å². The summed E-state index contributed by atoms with van der Waals surface area (Å²) in [5.41, 5.74) is 0.563. The highest BCUT2D eigenvalue weighted by molar-refractivity contribution is 5.97. The maximum Gasteiger partial charge on any atom is 0.257 e. The molecule has 0 aromatic heterocycles. The summed E-state index contributed by atoms with van der Waals surface area (Å²) in [5, 5.41) is 3.30. The largest absolute Gasteiger partial charge is 0.496 e. The van der Waals surface area contributed by atoms with Crippen molar-refractivity contribution in [2.24, 2.45) is 0 Å². The van der Waals surface area contributed by atoms with E-state index in [9.17, 15) is 9.59 Å². The summed E-state index contributed by atoms with van der Waals surface area (Å²) in [4.78, 5) is 28.7. The number of methoxy groups -OCH3 is 1. The molecule has 2 aliphatic heterocycles. The first-order valence-electron chi connectivity index (χ1n) is 8.70. The predicted octanol–water partition coefficient (Wildman–Crippen LogP) is 0.780. The molecule has 0 aliphatic carbocycles. The molecule has 2 saturated heterocycles. The second-order valence-electron chi connectivity index (χ2n) is 6.30. The Labute approximate surface area is 160 Å². The molecule has 3 rings (SSSR count). The van der Waals surface area contributed by atoms with Gasteiger partial charge in [0.2, 0.25) is 5.91 Å². The van der Waals surface area contributed by atoms with Gasteiger partial charge < -0.3 is 24.6 Å². The van der Waals surface area contributed by atoms with Crippen LogP contribution >= 0.6 is 12.4 Å². The number of morpholine rings is 1. The quantitative estimate of drug-likeness (QED) is 0.832. The summed E-state index contributed by atoms with van der Waals surface area (Å²) in [7, 11) is 1.56. The highest BCUT2D eigenvalue weighted by atomic mass is 35.5. The fourth-order valence-electron chi connectivity index (χ4n) is 3.24. The number of hydrogen-bond donors (Lipinski definition) is 1. The van der Waals surface area contributed by atoms with Crippen molar-refractivity contribution in [1.82, 2.24) is 15.1 Å². The topological polar surface area (TPSA) is 71.1 Å². The molecule has 1 atom stereocenters. The summed E-state index contributed by atoms with van der Waals surface area (Å²) in [5.74, 6) is 0.647. The maximum atomic E-state index is 12.7. The highest BCUT2D eigenvalue weighted by Crippen LogP contribution is 2.20. The number of benzene rings is 1. The van der Waals surface area contributed by atoms with Gasteiger partial charge >= 0.3 is 0 Å². The number of carbonyl (C=O) groups excluding carboxylic acids is 2. The zero-order chi connectivity index (χ0) is 17.6. The molecule has 0 spiro atoms. The van der Waals surface area contributed by atoms with Crippen LogP contribution in [0.4, 0.5) is 0 Å². The Balaban J connectivity index is 0.00000243. The number of piperazine rings is 1. The Morgan fingerprint density at radius 3 is 2.54 bits per heavy atom. The van der Waals surface area contributed by atoms with Crippen molar-refractivity contribution in [3.05, 3.63) is 29.8 Å². The molecule has 2 amide bonds. The van der Waals surface area contributed by atoms with Crippen LogP contribution in [0.3, 0.4) is 0 Å². The highest BCUT2D eigenvalue weighted by Gasteiger charge is 2.27. The number of nitrogens with zero attached hydrogens (tertiary/aromatic N) is 2. The van der Waals surface area contributed by atoms with Crippen LogP contribution in [-0.2, 0) is 9.53 Å². The van der Waals surface area contributed by atoms with Gasteiger partial charge in [-0.1, -0.05) is 12.1 Å². The predicted molar refractivity (Wildman–Crippen MR) is 100.0 cm³/mol. The van der Waals surface area contributed by atoms with Gasteiger partial charge in [-0.05, 0) is 12.1 Å². The first-order chi connectivity index (χ1) is 12.2. The zero-order valence-corrected chi connectivity index (χ0v) is 15.8. The Hall–Kier alpha value is -1.83. The minimum Gasteiger partial charge on any atom is -0.496 e. The van der Waals surface area contributed by atoms with Gasteiger partial charge in [0.05, 0.1) is 25.9 Å². The van der Waals surface area contributed by atoms with Gasteiger partial charge in [0.15, 0.2) is 0 Å². The Kier molecular flexibility index (Phi) is 7.68. The molecule has 0 saturated carbocycles. The molecule has 1 N–H and O–H groups in total. The molecule has 0 bridgehead atoms. The number of halogens is 1. The normalized spacial score (nSPS) is 20.3. The maximum absolute atomic E-state index is 12.7. The summed E-state index contributed by atoms with van der Waals surface area (Å²) in [6.45, 7) is 4.28. The Morgan fingerprint density at radius 2 is 1.88 bits per heavy atom. The number of nitrogens with one attached hydrogen (secondary N) is 1. The van der Waals surface area contributed by atoms with Crippen molar-refractivity contribution in [2.45, 2.75) is 12.5 Å². The van der Waals surface area contributed by atoms with Gasteiger partial charge in [-0.3, -0.25) is 9.59 Å². The summed E-state index contributed by atoms with van der Waals surface area (Å²) in [6, 6.07) is 7.32. The first-order valence-corrected chi connectivity index (χ1v) is 8.70. The van der Waals surface area contributed by atoms with E-state index in [0.717, 1.165) is 6.54 Å². The Morgan fingerprint density at radius 1 is 1.19 bits per heavy atom. The average molecular weight is 384 g/mol. The van der Waals surface area contributed by atoms with Gasteiger partial charge in [-0.2, -0.15) is 0 Å². The van der Waals surface area contributed by atoms with Crippen LogP contribution in [0.25, 0.3) is 0 Å². The molecule has 1 aromatic carbocycles. The third kappa shape index (κ3) is 4.87. The molecule has 2 fully saturated rings. The lowest BCUT2D eigenvalue weighted by atomic mass is 10.1. The van der Waals surface area contributed by atoms with E-state index in [2.05, 4.69) is 5.32 Å². The Bertz CT molecular complexity index is 614. The van der Waals surface area contributed by atoms with Crippen molar-refractivity contribution < 1.29 is 19.1 Å². The molecular weight excluding hydrogens is 358 g/mol. The molecule has 1 aromatic rings. The summed E-state index contributed by atoms with van der Waals surface area (Å²) in [6.07, 6.45) is 0.445. The molecule has 2 aliphatic rings. The van der Waals surface area contributed by atoms with Gasteiger partial charge in [0.1, 0.15) is 5.75 Å². The lowest BCUT2D eigenvalue weighted by Crippen LogP contribution is -2.52. The number of hydrogen-bond acceptors (Lipinski definition) is 5. The van der Waals surface area contributed by atoms with Crippen LogP contribution < -0.4 is 10.1 Å². The molecule has 1 unspecified atom stereocenters. The van der Waals surface area contributed by atoms with Crippen molar-refractivity contribution >= 4 is 24.2 Å². The van der Waals surface area contributed by atoms with Gasteiger partial charge in [0.25, 0.3) is 5.91 Å². The summed E-state index contributed by atoms with van der Waals surface area (Å²) >= 11 is 0. The standard InChI is InChI=1S/C18H25N3O4.ClH/c1-24-16-5-3-2-4-15(16)18(23)21-9-7-20(8-10-21)17(22)12-14-13-25-11-6-19-14;/h2-5,14,19H,6-13H2,1H3;1H. The van der Waals surface area contributed by atoms with Crippen molar-refractivity contribution in [2.75, 3.05) is 53.0 Å². The van der Waals surface area contributed by atoms with E-state index in [1.54, 1.807) is 24.1 Å². The SMILES string of the molecule is COc1ccccc1C(=O)N1CCN(C(=O)CC2COCCN2)CC1.Cl. The number of ether oxygens (including phenoxy) is 2. The fraction of sp³-hybridized carbons (Fsp3) is 0.556. The molecule has 26 heavy (non-hydrogen) atoms. The van der Waals surface area contributed by atoms with E-state index >= 15 is 0 Å². The van der Waals surface area contributed by atoms with E-state index in [4.69, 9.17) is 9.47 Å². The molecule has 2 heterocycles. The smallest absolute Gasteiger partial charge is 0.257 e. The van der Waals surface area contributed by atoms with E-state index in [0.29, 0.717) is 57.1 Å². The van der Waals surface area contributed by atoms with Gasteiger partial charge in [-0.25, -0.2) is 0 Å². The van der Waals surface area contributed by atoms with Crippen LogP contribution in [0.1, 0.15) is 16.8 Å². The average Bonchev–Trinajstić information content (AvgIpc) is 2.68. The lowest BCUT2D eigenvalue weighted by molar-refractivity contribution is -0.133. The van der Waals surface area contributed by atoms with Crippen LogP contribution in [0.2, 0.25) is 0 Å².